The van der Waals surface area contributed by atoms with Crippen molar-refractivity contribution >= 4 is 23.3 Å². The summed E-state index contributed by atoms with van der Waals surface area (Å²) in [6, 6.07) is 9.72. The topological polar surface area (TPSA) is 79.8 Å². The molecule has 1 aliphatic rings. The second kappa shape index (κ2) is 6.66. The summed E-state index contributed by atoms with van der Waals surface area (Å²) in [5, 5.41) is 15.0. The lowest BCUT2D eigenvalue weighted by atomic mass is 10.1. The van der Waals surface area contributed by atoms with Crippen LogP contribution in [0.4, 0.5) is 10.5 Å². The maximum atomic E-state index is 11.9. The Morgan fingerprint density at radius 3 is 2.61 bits per heavy atom. The summed E-state index contributed by atoms with van der Waals surface area (Å²) >= 11 is 6.10. The van der Waals surface area contributed by atoms with Crippen molar-refractivity contribution < 1.29 is 19.4 Å². The highest BCUT2D eigenvalue weighted by Crippen LogP contribution is 2.39. The van der Waals surface area contributed by atoms with Crippen LogP contribution in [-0.2, 0) is 6.42 Å². The lowest BCUT2D eigenvalue weighted by Gasteiger charge is -2.10. The number of hydrogen-bond donors (Lipinski definition) is 3. The SMILES string of the molecule is O=C(NCCc1ccc(O)cc1)Nc1cc2c(cc1Cl)OCO2. The fourth-order valence-electron chi connectivity index (χ4n) is 2.16. The zero-order valence-electron chi connectivity index (χ0n) is 12.1. The van der Waals surface area contributed by atoms with Crippen LogP contribution in [-0.4, -0.2) is 24.5 Å². The minimum absolute atomic E-state index is 0.147. The third kappa shape index (κ3) is 3.78. The number of nitrogens with one attached hydrogen (secondary N) is 2. The van der Waals surface area contributed by atoms with Gasteiger partial charge in [-0.25, -0.2) is 4.79 Å². The van der Waals surface area contributed by atoms with Gasteiger partial charge < -0.3 is 25.2 Å². The van der Waals surface area contributed by atoms with Gasteiger partial charge in [0.1, 0.15) is 5.75 Å². The average Bonchev–Trinajstić information content (AvgIpc) is 2.97. The molecule has 0 saturated carbocycles. The minimum Gasteiger partial charge on any atom is -0.508 e. The molecule has 2 amide bonds. The number of rotatable bonds is 4. The van der Waals surface area contributed by atoms with E-state index in [0.717, 1.165) is 5.56 Å². The molecular formula is C16H15ClN2O4. The molecule has 0 fully saturated rings. The van der Waals surface area contributed by atoms with Crippen molar-refractivity contribution in [2.75, 3.05) is 18.7 Å². The van der Waals surface area contributed by atoms with Gasteiger partial charge in [0.2, 0.25) is 6.79 Å². The zero-order chi connectivity index (χ0) is 16.2. The first-order chi connectivity index (χ1) is 11.1. The lowest BCUT2D eigenvalue weighted by Crippen LogP contribution is -2.30. The van der Waals surface area contributed by atoms with E-state index in [1.165, 1.54) is 0 Å². The Balaban J connectivity index is 1.52. The third-order valence-corrected chi connectivity index (χ3v) is 3.66. The number of amides is 2. The Morgan fingerprint density at radius 1 is 1.17 bits per heavy atom. The minimum atomic E-state index is -0.357. The summed E-state index contributed by atoms with van der Waals surface area (Å²) in [4.78, 5) is 11.9. The first-order valence-corrected chi connectivity index (χ1v) is 7.41. The van der Waals surface area contributed by atoms with Gasteiger partial charge in [-0.2, -0.15) is 0 Å². The van der Waals surface area contributed by atoms with Gasteiger partial charge in [0, 0.05) is 18.7 Å². The third-order valence-electron chi connectivity index (χ3n) is 3.35. The van der Waals surface area contributed by atoms with Crippen molar-refractivity contribution in [3.8, 4) is 17.2 Å². The highest BCUT2D eigenvalue weighted by Gasteiger charge is 2.17. The molecule has 3 N–H and O–H groups in total. The van der Waals surface area contributed by atoms with Crippen LogP contribution in [0, 0.1) is 0 Å². The Labute approximate surface area is 138 Å². The number of anilines is 1. The summed E-state index contributed by atoms with van der Waals surface area (Å²) < 4.78 is 10.5. The van der Waals surface area contributed by atoms with Gasteiger partial charge in [0.15, 0.2) is 11.5 Å². The molecule has 120 valence electrons. The molecule has 7 heteroatoms. The van der Waals surface area contributed by atoms with Crippen LogP contribution < -0.4 is 20.1 Å². The van der Waals surface area contributed by atoms with E-state index in [-0.39, 0.29) is 18.6 Å². The molecule has 23 heavy (non-hydrogen) atoms. The van der Waals surface area contributed by atoms with E-state index in [4.69, 9.17) is 21.1 Å². The summed E-state index contributed by atoms with van der Waals surface area (Å²) in [7, 11) is 0. The summed E-state index contributed by atoms with van der Waals surface area (Å²) in [6.45, 7) is 0.604. The molecular weight excluding hydrogens is 320 g/mol. The number of carbonyl (C=O) groups excluding carboxylic acids is 1. The molecule has 0 aliphatic carbocycles. The van der Waals surface area contributed by atoms with Gasteiger partial charge in [-0.15, -0.1) is 0 Å². The number of carbonyl (C=O) groups is 1. The van der Waals surface area contributed by atoms with E-state index < -0.39 is 0 Å². The smallest absolute Gasteiger partial charge is 0.319 e. The summed E-state index contributed by atoms with van der Waals surface area (Å²) in [5.41, 5.74) is 1.47. The average molecular weight is 335 g/mol. The Bertz CT molecular complexity index is 719. The van der Waals surface area contributed by atoms with Crippen LogP contribution >= 0.6 is 11.6 Å². The van der Waals surface area contributed by atoms with Gasteiger partial charge in [-0.1, -0.05) is 23.7 Å². The largest absolute Gasteiger partial charge is 0.508 e. The number of phenols is 1. The first-order valence-electron chi connectivity index (χ1n) is 7.04. The van der Waals surface area contributed by atoms with Crippen LogP contribution in [0.1, 0.15) is 5.56 Å². The summed E-state index contributed by atoms with van der Waals surface area (Å²) in [6.07, 6.45) is 0.655. The molecule has 0 unspecified atom stereocenters. The Kier molecular flexibility index (Phi) is 4.43. The molecule has 0 bridgehead atoms. The Hall–Kier alpha value is -2.60. The number of urea groups is 1. The van der Waals surface area contributed by atoms with Crippen LogP contribution in [0.15, 0.2) is 36.4 Å². The Morgan fingerprint density at radius 2 is 1.87 bits per heavy atom. The van der Waals surface area contributed by atoms with E-state index in [1.54, 1.807) is 24.3 Å². The molecule has 0 aromatic heterocycles. The highest BCUT2D eigenvalue weighted by atomic mass is 35.5. The van der Waals surface area contributed by atoms with E-state index in [0.29, 0.717) is 35.2 Å². The van der Waals surface area contributed by atoms with Gasteiger partial charge >= 0.3 is 6.03 Å². The maximum Gasteiger partial charge on any atom is 0.319 e. The second-order valence-electron chi connectivity index (χ2n) is 4.98. The van der Waals surface area contributed by atoms with Gasteiger partial charge in [0.05, 0.1) is 10.7 Å². The van der Waals surface area contributed by atoms with Crippen LogP contribution in [0.2, 0.25) is 5.02 Å². The number of aromatic hydroxyl groups is 1. The quantitative estimate of drug-likeness (QED) is 0.802. The lowest BCUT2D eigenvalue weighted by molar-refractivity contribution is 0.174. The molecule has 2 aromatic rings. The molecule has 0 spiro atoms. The number of ether oxygens (including phenoxy) is 2. The second-order valence-corrected chi connectivity index (χ2v) is 5.39. The molecule has 0 radical (unpaired) electrons. The van der Waals surface area contributed by atoms with E-state index in [2.05, 4.69) is 10.6 Å². The number of phenolic OH excluding ortho intramolecular Hbond substituents is 1. The van der Waals surface area contributed by atoms with Gasteiger partial charge in [0.25, 0.3) is 0 Å². The van der Waals surface area contributed by atoms with Crippen LogP contribution in [0.25, 0.3) is 0 Å². The predicted octanol–water partition coefficient (Wildman–Crippen LogP) is 3.14. The van der Waals surface area contributed by atoms with Crippen LogP contribution in [0.3, 0.4) is 0 Å². The molecule has 0 atom stereocenters. The molecule has 1 aliphatic heterocycles. The normalized spacial score (nSPS) is 12.0. The highest BCUT2D eigenvalue weighted by molar-refractivity contribution is 6.34. The standard InChI is InChI=1S/C16H15ClN2O4/c17-12-7-14-15(23-9-22-14)8-13(12)19-16(21)18-6-5-10-1-3-11(20)4-2-10/h1-4,7-8,20H,5-6,9H2,(H2,18,19,21). The van der Waals surface area contributed by atoms with E-state index >= 15 is 0 Å². The van der Waals surface area contributed by atoms with E-state index in [1.807, 2.05) is 12.1 Å². The van der Waals surface area contributed by atoms with Crippen molar-refractivity contribution in [1.82, 2.24) is 5.32 Å². The molecule has 2 aromatic carbocycles. The van der Waals surface area contributed by atoms with Gasteiger partial charge in [-0.3, -0.25) is 0 Å². The van der Waals surface area contributed by atoms with Crippen LogP contribution in [0.5, 0.6) is 17.2 Å². The maximum absolute atomic E-state index is 11.9. The number of hydrogen-bond acceptors (Lipinski definition) is 4. The van der Waals surface area contributed by atoms with Crippen molar-refractivity contribution in [2.24, 2.45) is 0 Å². The van der Waals surface area contributed by atoms with Crippen molar-refractivity contribution in [3.63, 3.8) is 0 Å². The number of benzene rings is 2. The van der Waals surface area contributed by atoms with Crippen molar-refractivity contribution in [2.45, 2.75) is 6.42 Å². The van der Waals surface area contributed by atoms with Gasteiger partial charge in [-0.05, 0) is 24.1 Å². The zero-order valence-corrected chi connectivity index (χ0v) is 12.9. The molecule has 3 rings (SSSR count). The first kappa shape index (κ1) is 15.3. The number of fused-ring (bicyclic) bond motifs is 1. The molecule has 6 nitrogen and oxygen atoms in total. The number of halogens is 1. The molecule has 1 heterocycles. The van der Waals surface area contributed by atoms with Crippen molar-refractivity contribution in [1.29, 1.82) is 0 Å². The summed E-state index contributed by atoms with van der Waals surface area (Å²) in [5.74, 6) is 1.33. The predicted molar refractivity (Wildman–Crippen MR) is 86.4 cm³/mol. The monoisotopic (exact) mass is 334 g/mol. The fourth-order valence-corrected chi connectivity index (χ4v) is 2.36. The molecule has 0 saturated heterocycles. The fraction of sp³-hybridized carbons (Fsp3) is 0.188. The van der Waals surface area contributed by atoms with Crippen molar-refractivity contribution in [3.05, 3.63) is 47.0 Å². The van der Waals surface area contributed by atoms with E-state index in [9.17, 15) is 9.90 Å².